The summed E-state index contributed by atoms with van der Waals surface area (Å²) in [6, 6.07) is 6.48. The highest BCUT2D eigenvalue weighted by atomic mass is 15.2. The quantitative estimate of drug-likeness (QED) is 0.905. The molecular weight excluding hydrogens is 276 g/mol. The van der Waals surface area contributed by atoms with Crippen LogP contribution in [0.25, 0.3) is 0 Å². The van der Waals surface area contributed by atoms with E-state index in [1.54, 1.807) is 6.20 Å². The fourth-order valence-corrected chi connectivity index (χ4v) is 2.70. The molecule has 0 radical (unpaired) electrons. The normalized spacial score (nSPS) is 18.4. The molecule has 1 aliphatic heterocycles. The molecule has 1 saturated heterocycles. The molecule has 3 heterocycles. The van der Waals surface area contributed by atoms with Crippen LogP contribution in [0, 0.1) is 0 Å². The van der Waals surface area contributed by atoms with E-state index in [9.17, 15) is 0 Å². The molecule has 1 aliphatic rings. The molecule has 0 aliphatic carbocycles. The van der Waals surface area contributed by atoms with Crippen molar-refractivity contribution in [2.75, 3.05) is 37.4 Å². The third-order valence-corrected chi connectivity index (χ3v) is 3.80. The van der Waals surface area contributed by atoms with Crippen LogP contribution >= 0.6 is 0 Å². The molecule has 6 nitrogen and oxygen atoms in total. The second-order valence-corrected chi connectivity index (χ2v) is 5.86. The highest BCUT2D eigenvalue weighted by molar-refractivity contribution is 5.41. The van der Waals surface area contributed by atoms with Gasteiger partial charge in [0.15, 0.2) is 0 Å². The zero-order valence-electron chi connectivity index (χ0n) is 13.1. The molecule has 6 heteroatoms. The number of hydrogen-bond donors (Lipinski definition) is 1. The summed E-state index contributed by atoms with van der Waals surface area (Å²) in [5.74, 6) is 1.63. The third kappa shape index (κ3) is 3.71. The Bertz CT molecular complexity index is 601. The van der Waals surface area contributed by atoms with Crippen LogP contribution in [-0.2, 0) is 6.54 Å². The van der Waals surface area contributed by atoms with E-state index in [0.717, 1.165) is 37.8 Å². The van der Waals surface area contributed by atoms with Gasteiger partial charge >= 0.3 is 0 Å². The van der Waals surface area contributed by atoms with Crippen LogP contribution < -0.4 is 10.2 Å². The van der Waals surface area contributed by atoms with Gasteiger partial charge in [-0.1, -0.05) is 6.07 Å². The van der Waals surface area contributed by atoms with Gasteiger partial charge in [-0.3, -0.25) is 9.88 Å². The van der Waals surface area contributed by atoms with Crippen molar-refractivity contribution in [1.82, 2.24) is 19.9 Å². The number of likely N-dealkylation sites (tertiary alicyclic amines) is 1. The molecule has 0 aromatic carbocycles. The smallest absolute Gasteiger partial charge is 0.226 e. The van der Waals surface area contributed by atoms with Crippen molar-refractivity contribution >= 4 is 11.8 Å². The fourth-order valence-electron chi connectivity index (χ4n) is 2.70. The van der Waals surface area contributed by atoms with E-state index < -0.39 is 0 Å². The van der Waals surface area contributed by atoms with Crippen molar-refractivity contribution in [3.63, 3.8) is 0 Å². The SMILES string of the molecule is CN(C)c1nccc(NC2CCN(Cc3cccnc3)C2)n1. The van der Waals surface area contributed by atoms with Gasteiger partial charge in [0.25, 0.3) is 0 Å². The molecule has 2 aromatic rings. The van der Waals surface area contributed by atoms with Gasteiger partial charge in [-0.25, -0.2) is 4.98 Å². The summed E-state index contributed by atoms with van der Waals surface area (Å²) in [6.45, 7) is 3.08. The van der Waals surface area contributed by atoms with Gasteiger partial charge in [0.05, 0.1) is 0 Å². The maximum atomic E-state index is 4.52. The molecule has 1 unspecified atom stereocenters. The first-order chi connectivity index (χ1) is 10.7. The zero-order chi connectivity index (χ0) is 15.4. The molecule has 3 rings (SSSR count). The molecule has 1 fully saturated rings. The number of nitrogens with zero attached hydrogens (tertiary/aromatic N) is 5. The van der Waals surface area contributed by atoms with Gasteiger partial charge in [0.1, 0.15) is 5.82 Å². The minimum absolute atomic E-state index is 0.432. The van der Waals surface area contributed by atoms with Crippen LogP contribution in [0.4, 0.5) is 11.8 Å². The summed E-state index contributed by atoms with van der Waals surface area (Å²) in [5.41, 5.74) is 1.26. The van der Waals surface area contributed by atoms with Gasteiger partial charge in [-0.2, -0.15) is 4.98 Å². The minimum Gasteiger partial charge on any atom is -0.366 e. The van der Waals surface area contributed by atoms with Gasteiger partial charge in [-0.15, -0.1) is 0 Å². The summed E-state index contributed by atoms with van der Waals surface area (Å²) in [6.07, 6.45) is 6.68. The summed E-state index contributed by atoms with van der Waals surface area (Å²) in [7, 11) is 3.90. The molecule has 0 bridgehead atoms. The van der Waals surface area contributed by atoms with Crippen LogP contribution in [0.3, 0.4) is 0 Å². The Labute approximate surface area is 131 Å². The highest BCUT2D eigenvalue weighted by Crippen LogP contribution is 2.17. The standard InChI is InChI=1S/C16H22N6/c1-21(2)16-18-8-5-15(20-16)19-14-6-9-22(12-14)11-13-4-3-7-17-10-13/h3-5,7-8,10,14H,6,9,11-12H2,1-2H3,(H,18,19,20). The molecule has 1 N–H and O–H groups in total. The predicted octanol–water partition coefficient (Wildman–Crippen LogP) is 1.62. The molecule has 116 valence electrons. The first-order valence-corrected chi connectivity index (χ1v) is 7.59. The molecule has 0 saturated carbocycles. The molecule has 1 atom stereocenters. The van der Waals surface area contributed by atoms with Crippen molar-refractivity contribution in [1.29, 1.82) is 0 Å². The first-order valence-electron chi connectivity index (χ1n) is 7.59. The molecule has 22 heavy (non-hydrogen) atoms. The number of hydrogen-bond acceptors (Lipinski definition) is 6. The van der Waals surface area contributed by atoms with Crippen LogP contribution in [0.5, 0.6) is 0 Å². The first kappa shape index (κ1) is 14.7. The summed E-state index contributed by atoms with van der Waals surface area (Å²) >= 11 is 0. The maximum absolute atomic E-state index is 4.52. The maximum Gasteiger partial charge on any atom is 0.226 e. The van der Waals surface area contributed by atoms with Crippen LogP contribution in [0.2, 0.25) is 0 Å². The number of pyridine rings is 1. The molecule has 2 aromatic heterocycles. The Morgan fingerprint density at radius 2 is 2.23 bits per heavy atom. The van der Waals surface area contributed by atoms with Crippen molar-refractivity contribution in [2.24, 2.45) is 0 Å². The lowest BCUT2D eigenvalue weighted by atomic mass is 10.2. The summed E-state index contributed by atoms with van der Waals surface area (Å²) in [5, 5.41) is 3.52. The third-order valence-electron chi connectivity index (χ3n) is 3.80. The van der Waals surface area contributed by atoms with Crippen molar-refractivity contribution in [2.45, 2.75) is 19.0 Å². The Hall–Kier alpha value is -2.21. The van der Waals surface area contributed by atoms with E-state index in [0.29, 0.717) is 6.04 Å². The summed E-state index contributed by atoms with van der Waals surface area (Å²) in [4.78, 5) is 17.3. The number of nitrogens with one attached hydrogen (secondary N) is 1. The Kier molecular flexibility index (Phi) is 4.48. The minimum atomic E-state index is 0.432. The number of aromatic nitrogens is 3. The Morgan fingerprint density at radius 3 is 3.00 bits per heavy atom. The van der Waals surface area contributed by atoms with Crippen LogP contribution in [0.15, 0.2) is 36.8 Å². The van der Waals surface area contributed by atoms with Gasteiger partial charge in [-0.05, 0) is 24.1 Å². The van der Waals surface area contributed by atoms with Crippen LogP contribution in [0.1, 0.15) is 12.0 Å². The van der Waals surface area contributed by atoms with Gasteiger partial charge in [0.2, 0.25) is 5.95 Å². The average molecular weight is 298 g/mol. The van der Waals surface area contributed by atoms with Gasteiger partial charge < -0.3 is 10.2 Å². The lowest BCUT2D eigenvalue weighted by Gasteiger charge is -2.17. The topological polar surface area (TPSA) is 57.2 Å². The highest BCUT2D eigenvalue weighted by Gasteiger charge is 2.22. The van der Waals surface area contributed by atoms with E-state index in [1.807, 2.05) is 43.5 Å². The van der Waals surface area contributed by atoms with E-state index in [-0.39, 0.29) is 0 Å². The number of anilines is 2. The molecule has 0 amide bonds. The number of rotatable bonds is 5. The monoisotopic (exact) mass is 298 g/mol. The lowest BCUT2D eigenvalue weighted by molar-refractivity contribution is 0.328. The molecular formula is C16H22N6. The van der Waals surface area contributed by atoms with Crippen LogP contribution in [-0.4, -0.2) is 53.1 Å². The van der Waals surface area contributed by atoms with E-state index in [2.05, 4.69) is 31.2 Å². The van der Waals surface area contributed by atoms with E-state index >= 15 is 0 Å². The van der Waals surface area contributed by atoms with E-state index in [4.69, 9.17) is 0 Å². The average Bonchev–Trinajstić information content (AvgIpc) is 2.95. The second kappa shape index (κ2) is 6.70. The Morgan fingerprint density at radius 1 is 1.32 bits per heavy atom. The van der Waals surface area contributed by atoms with Crippen molar-refractivity contribution in [3.05, 3.63) is 42.4 Å². The fraction of sp³-hybridized carbons (Fsp3) is 0.438. The molecule has 0 spiro atoms. The Balaban J connectivity index is 1.56. The lowest BCUT2D eigenvalue weighted by Crippen LogP contribution is -2.26. The van der Waals surface area contributed by atoms with Crippen molar-refractivity contribution in [3.8, 4) is 0 Å². The second-order valence-electron chi connectivity index (χ2n) is 5.86. The van der Waals surface area contributed by atoms with E-state index in [1.165, 1.54) is 5.56 Å². The zero-order valence-corrected chi connectivity index (χ0v) is 13.1. The predicted molar refractivity (Wildman–Crippen MR) is 87.9 cm³/mol. The largest absolute Gasteiger partial charge is 0.366 e. The van der Waals surface area contributed by atoms with Crippen molar-refractivity contribution < 1.29 is 0 Å². The van der Waals surface area contributed by atoms with Gasteiger partial charge in [0, 0.05) is 58.4 Å². The summed E-state index contributed by atoms with van der Waals surface area (Å²) < 4.78 is 0.